The third-order valence-corrected chi connectivity index (χ3v) is 3.91. The summed E-state index contributed by atoms with van der Waals surface area (Å²) >= 11 is 0. The van der Waals surface area contributed by atoms with Gasteiger partial charge in [-0.15, -0.1) is 0 Å². The smallest absolute Gasteiger partial charge is 0.548 e. The molecular formula is C16H18F3KN2O4. The summed E-state index contributed by atoms with van der Waals surface area (Å²) in [4.78, 5) is 24.4. The third-order valence-electron chi connectivity index (χ3n) is 3.91. The minimum atomic E-state index is -4.41. The number of alkyl halides is 3. The van der Waals surface area contributed by atoms with Crippen molar-refractivity contribution in [1.29, 1.82) is 0 Å². The Balaban J connectivity index is 0.00000338. The number of urea groups is 1. The van der Waals surface area contributed by atoms with Crippen LogP contribution in [-0.4, -0.2) is 42.3 Å². The summed E-state index contributed by atoms with van der Waals surface area (Å²) in [7, 11) is 0. The first kappa shape index (κ1) is 23.2. The van der Waals surface area contributed by atoms with Gasteiger partial charge in [0.2, 0.25) is 0 Å². The predicted molar refractivity (Wildman–Crippen MR) is 79.7 cm³/mol. The minimum Gasteiger partial charge on any atom is -0.548 e. The molecule has 0 radical (unpaired) electrons. The van der Waals surface area contributed by atoms with E-state index in [1.165, 1.54) is 29.2 Å². The van der Waals surface area contributed by atoms with Crippen LogP contribution in [0, 0.1) is 0 Å². The maximum atomic E-state index is 12.2. The van der Waals surface area contributed by atoms with Gasteiger partial charge in [0.15, 0.2) is 6.61 Å². The zero-order chi connectivity index (χ0) is 18.6. The number of benzene rings is 1. The molecule has 0 aliphatic carbocycles. The SMILES string of the molecule is CC(NC(=O)N1CCC[C@@H]1C(=O)[O-])c1ccc(OCC(F)(F)F)cc1.[K+]. The number of hydrogen-bond acceptors (Lipinski definition) is 4. The van der Waals surface area contributed by atoms with E-state index in [1.54, 1.807) is 6.92 Å². The second kappa shape index (κ2) is 9.93. The molecule has 1 heterocycles. The monoisotopic (exact) mass is 398 g/mol. The van der Waals surface area contributed by atoms with Crippen LogP contribution in [0.1, 0.15) is 31.4 Å². The zero-order valence-corrected chi connectivity index (χ0v) is 17.6. The average molecular weight is 398 g/mol. The molecule has 0 aromatic heterocycles. The van der Waals surface area contributed by atoms with Gasteiger partial charge in [-0.2, -0.15) is 13.2 Å². The van der Waals surface area contributed by atoms with Gasteiger partial charge >= 0.3 is 63.6 Å². The standard InChI is InChI=1S/C16H19F3N2O4.K/c1-10(20-15(24)21-8-2-3-13(21)14(22)23)11-4-6-12(7-5-11)25-9-16(17,18)19;/h4-7,10,13H,2-3,8-9H2,1H3,(H,20,24)(H,22,23);/q;+1/p-1/t10?,13-;/m1./s1. The molecule has 1 aromatic rings. The number of amides is 2. The topological polar surface area (TPSA) is 81.7 Å². The molecule has 138 valence electrons. The largest absolute Gasteiger partial charge is 1.00 e. The number of carboxylic acids is 1. The van der Waals surface area contributed by atoms with Crippen LogP contribution in [0.15, 0.2) is 24.3 Å². The number of carbonyl (C=O) groups is 2. The Hall–Kier alpha value is -0.814. The molecule has 2 rings (SSSR count). The van der Waals surface area contributed by atoms with Crippen molar-refractivity contribution in [1.82, 2.24) is 10.2 Å². The molecule has 2 atom stereocenters. The van der Waals surface area contributed by atoms with Gasteiger partial charge in [-0.3, -0.25) is 0 Å². The fourth-order valence-electron chi connectivity index (χ4n) is 2.62. The number of rotatable bonds is 5. The number of halogens is 3. The van der Waals surface area contributed by atoms with Crippen LogP contribution in [0.5, 0.6) is 5.75 Å². The molecule has 10 heteroatoms. The van der Waals surface area contributed by atoms with Crippen LogP contribution >= 0.6 is 0 Å². The van der Waals surface area contributed by atoms with Gasteiger partial charge in [0, 0.05) is 6.54 Å². The molecule has 1 fully saturated rings. The van der Waals surface area contributed by atoms with Gasteiger partial charge in [-0.1, -0.05) is 12.1 Å². The Morgan fingerprint density at radius 1 is 1.35 bits per heavy atom. The Morgan fingerprint density at radius 3 is 2.50 bits per heavy atom. The molecule has 1 aliphatic rings. The van der Waals surface area contributed by atoms with Crippen molar-refractivity contribution in [2.24, 2.45) is 0 Å². The first-order valence-electron chi connectivity index (χ1n) is 7.75. The average Bonchev–Trinajstić information content (AvgIpc) is 3.02. The van der Waals surface area contributed by atoms with Gasteiger partial charge < -0.3 is 24.9 Å². The van der Waals surface area contributed by atoms with E-state index >= 15 is 0 Å². The fraction of sp³-hybridized carbons (Fsp3) is 0.500. The number of ether oxygens (including phenoxy) is 1. The Morgan fingerprint density at radius 2 is 1.96 bits per heavy atom. The molecule has 1 N–H and O–H groups in total. The van der Waals surface area contributed by atoms with Gasteiger partial charge in [0.25, 0.3) is 0 Å². The summed E-state index contributed by atoms with van der Waals surface area (Å²) in [6.07, 6.45) is -3.47. The molecule has 1 unspecified atom stereocenters. The van der Waals surface area contributed by atoms with E-state index in [-0.39, 0.29) is 57.1 Å². The van der Waals surface area contributed by atoms with Gasteiger partial charge in [0.05, 0.1) is 18.1 Å². The van der Waals surface area contributed by atoms with E-state index in [0.717, 1.165) is 0 Å². The van der Waals surface area contributed by atoms with Crippen molar-refractivity contribution in [3.8, 4) is 5.75 Å². The van der Waals surface area contributed by atoms with Crippen LogP contribution in [0.4, 0.5) is 18.0 Å². The molecule has 1 saturated heterocycles. The maximum Gasteiger partial charge on any atom is 1.00 e. The summed E-state index contributed by atoms with van der Waals surface area (Å²) < 4.78 is 40.9. The van der Waals surface area contributed by atoms with E-state index in [9.17, 15) is 27.9 Å². The molecule has 0 saturated carbocycles. The molecule has 1 aromatic carbocycles. The summed E-state index contributed by atoms with van der Waals surface area (Å²) in [5, 5.41) is 13.7. The summed E-state index contributed by atoms with van der Waals surface area (Å²) in [6.45, 7) is 0.646. The van der Waals surface area contributed by atoms with Crippen LogP contribution in [0.3, 0.4) is 0 Å². The third kappa shape index (κ3) is 6.73. The molecule has 1 aliphatic heterocycles. The Kier molecular flexibility index (Phi) is 8.87. The first-order valence-corrected chi connectivity index (χ1v) is 7.75. The maximum absolute atomic E-state index is 12.2. The van der Waals surface area contributed by atoms with Crippen LogP contribution < -0.4 is 66.5 Å². The minimum absolute atomic E-state index is 0. The van der Waals surface area contributed by atoms with Gasteiger partial charge in [-0.25, -0.2) is 4.79 Å². The van der Waals surface area contributed by atoms with Crippen molar-refractivity contribution in [3.63, 3.8) is 0 Å². The van der Waals surface area contributed by atoms with Crippen LogP contribution in [0.2, 0.25) is 0 Å². The summed E-state index contributed by atoms with van der Waals surface area (Å²) in [6, 6.07) is 3.93. The predicted octanol–water partition coefficient (Wildman–Crippen LogP) is -1.38. The van der Waals surface area contributed by atoms with Crippen molar-refractivity contribution >= 4 is 12.0 Å². The number of carbonyl (C=O) groups excluding carboxylic acids is 2. The van der Waals surface area contributed by atoms with E-state index < -0.39 is 36.9 Å². The van der Waals surface area contributed by atoms with Gasteiger partial charge in [-0.05, 0) is 37.5 Å². The molecule has 0 spiro atoms. The van der Waals surface area contributed by atoms with Crippen LogP contribution in [0.25, 0.3) is 0 Å². The van der Waals surface area contributed by atoms with Crippen molar-refractivity contribution in [2.75, 3.05) is 13.2 Å². The second-order valence-corrected chi connectivity index (χ2v) is 5.81. The van der Waals surface area contributed by atoms with Crippen molar-refractivity contribution in [2.45, 2.75) is 38.0 Å². The number of nitrogens with zero attached hydrogens (tertiary/aromatic N) is 1. The summed E-state index contributed by atoms with van der Waals surface area (Å²) in [5.74, 6) is -1.22. The number of likely N-dealkylation sites (tertiary alicyclic amines) is 1. The fourth-order valence-corrected chi connectivity index (χ4v) is 2.62. The molecular weight excluding hydrogens is 380 g/mol. The van der Waals surface area contributed by atoms with Gasteiger partial charge in [0.1, 0.15) is 5.75 Å². The van der Waals surface area contributed by atoms with Crippen LogP contribution in [-0.2, 0) is 4.79 Å². The Labute approximate surface area is 191 Å². The number of nitrogens with one attached hydrogen (secondary N) is 1. The second-order valence-electron chi connectivity index (χ2n) is 5.81. The molecule has 6 nitrogen and oxygen atoms in total. The van der Waals surface area contributed by atoms with E-state index in [2.05, 4.69) is 10.1 Å². The number of carboxylic acid groups (broad SMARTS) is 1. The first-order chi connectivity index (χ1) is 11.7. The van der Waals surface area contributed by atoms with E-state index in [1.807, 2.05) is 0 Å². The van der Waals surface area contributed by atoms with E-state index in [4.69, 9.17) is 0 Å². The normalized spacial score (nSPS) is 18.0. The van der Waals surface area contributed by atoms with Crippen molar-refractivity contribution < 1.29 is 84.0 Å². The Bertz CT molecular complexity index is 625. The summed E-state index contributed by atoms with van der Waals surface area (Å²) in [5.41, 5.74) is 0.650. The molecule has 0 bridgehead atoms. The number of aliphatic carboxylic acids is 1. The quantitative estimate of drug-likeness (QED) is 0.620. The number of hydrogen-bond donors (Lipinski definition) is 1. The van der Waals surface area contributed by atoms with E-state index in [0.29, 0.717) is 24.9 Å². The zero-order valence-electron chi connectivity index (χ0n) is 14.5. The van der Waals surface area contributed by atoms with Crippen molar-refractivity contribution in [3.05, 3.63) is 29.8 Å². The molecule has 26 heavy (non-hydrogen) atoms. The molecule has 2 amide bonds.